The highest BCUT2D eigenvalue weighted by Crippen LogP contribution is 2.19. The molecular weight excluding hydrogens is 238 g/mol. The summed E-state index contributed by atoms with van der Waals surface area (Å²) in [6, 6.07) is 8.05. The van der Waals surface area contributed by atoms with Crippen molar-refractivity contribution in [2.24, 2.45) is 0 Å². The van der Waals surface area contributed by atoms with Crippen LogP contribution in [0.1, 0.15) is 32.2 Å². The quantitative estimate of drug-likeness (QED) is 0.917. The SMILES string of the molecule is Cc1ccccc1-c1noc(CCNC(C)(C)C)n1. The fourth-order valence-corrected chi connectivity index (χ4v) is 1.83. The van der Waals surface area contributed by atoms with Gasteiger partial charge in [0, 0.05) is 24.1 Å². The van der Waals surface area contributed by atoms with Crippen molar-refractivity contribution < 1.29 is 4.52 Å². The van der Waals surface area contributed by atoms with Crippen molar-refractivity contribution in [1.82, 2.24) is 15.5 Å². The Morgan fingerprint density at radius 1 is 1.21 bits per heavy atom. The maximum absolute atomic E-state index is 5.29. The number of nitrogens with one attached hydrogen (secondary N) is 1. The lowest BCUT2D eigenvalue weighted by Gasteiger charge is -2.19. The summed E-state index contributed by atoms with van der Waals surface area (Å²) in [5.41, 5.74) is 2.29. The zero-order valence-electron chi connectivity index (χ0n) is 12.0. The number of benzene rings is 1. The molecular formula is C15H21N3O. The van der Waals surface area contributed by atoms with Gasteiger partial charge in [0.25, 0.3) is 0 Å². The highest BCUT2D eigenvalue weighted by atomic mass is 16.5. The molecule has 0 bridgehead atoms. The molecule has 0 fully saturated rings. The van der Waals surface area contributed by atoms with Crippen LogP contribution in [-0.4, -0.2) is 22.2 Å². The minimum Gasteiger partial charge on any atom is -0.339 e. The minimum atomic E-state index is 0.110. The van der Waals surface area contributed by atoms with Gasteiger partial charge in [-0.25, -0.2) is 0 Å². The average Bonchev–Trinajstić information content (AvgIpc) is 2.76. The molecule has 2 rings (SSSR count). The van der Waals surface area contributed by atoms with Gasteiger partial charge >= 0.3 is 0 Å². The second-order valence-electron chi connectivity index (χ2n) is 5.75. The van der Waals surface area contributed by atoms with Crippen LogP contribution in [0.3, 0.4) is 0 Å². The topological polar surface area (TPSA) is 51.0 Å². The van der Waals surface area contributed by atoms with E-state index in [2.05, 4.69) is 36.2 Å². The van der Waals surface area contributed by atoms with E-state index >= 15 is 0 Å². The van der Waals surface area contributed by atoms with E-state index in [4.69, 9.17) is 4.52 Å². The molecule has 102 valence electrons. The zero-order chi connectivity index (χ0) is 13.9. The Hall–Kier alpha value is -1.68. The molecule has 19 heavy (non-hydrogen) atoms. The van der Waals surface area contributed by atoms with E-state index in [-0.39, 0.29) is 5.54 Å². The van der Waals surface area contributed by atoms with Crippen LogP contribution in [0.4, 0.5) is 0 Å². The number of rotatable bonds is 4. The summed E-state index contributed by atoms with van der Waals surface area (Å²) in [5, 5.41) is 7.45. The fraction of sp³-hybridized carbons (Fsp3) is 0.467. The first-order chi connectivity index (χ1) is 8.96. The molecule has 4 heteroatoms. The van der Waals surface area contributed by atoms with Crippen LogP contribution >= 0.6 is 0 Å². The van der Waals surface area contributed by atoms with Crippen molar-refractivity contribution in [1.29, 1.82) is 0 Å². The van der Waals surface area contributed by atoms with Gasteiger partial charge in [0.05, 0.1) is 0 Å². The molecule has 2 aromatic rings. The lowest BCUT2D eigenvalue weighted by Crippen LogP contribution is -2.37. The monoisotopic (exact) mass is 259 g/mol. The van der Waals surface area contributed by atoms with Crippen LogP contribution in [0.15, 0.2) is 28.8 Å². The molecule has 0 aliphatic heterocycles. The van der Waals surface area contributed by atoms with E-state index in [9.17, 15) is 0 Å². The minimum absolute atomic E-state index is 0.110. The van der Waals surface area contributed by atoms with Crippen LogP contribution in [0.25, 0.3) is 11.4 Å². The maximum Gasteiger partial charge on any atom is 0.228 e. The Morgan fingerprint density at radius 2 is 1.95 bits per heavy atom. The fourth-order valence-electron chi connectivity index (χ4n) is 1.83. The first-order valence-electron chi connectivity index (χ1n) is 6.59. The van der Waals surface area contributed by atoms with E-state index in [0.717, 1.165) is 24.1 Å². The summed E-state index contributed by atoms with van der Waals surface area (Å²) >= 11 is 0. The van der Waals surface area contributed by atoms with Gasteiger partial charge < -0.3 is 9.84 Å². The Bertz CT molecular complexity index is 540. The molecule has 1 aromatic carbocycles. The Kier molecular flexibility index (Phi) is 4.00. The number of hydrogen-bond acceptors (Lipinski definition) is 4. The first-order valence-corrected chi connectivity index (χ1v) is 6.59. The summed E-state index contributed by atoms with van der Waals surface area (Å²) in [5.74, 6) is 1.35. The lowest BCUT2D eigenvalue weighted by atomic mass is 10.1. The van der Waals surface area contributed by atoms with Gasteiger partial charge in [0.15, 0.2) is 0 Å². The second kappa shape index (κ2) is 5.53. The van der Waals surface area contributed by atoms with Crippen molar-refractivity contribution in [2.45, 2.75) is 39.7 Å². The number of hydrogen-bond donors (Lipinski definition) is 1. The third-order valence-corrected chi connectivity index (χ3v) is 2.85. The van der Waals surface area contributed by atoms with Gasteiger partial charge in [-0.3, -0.25) is 0 Å². The molecule has 4 nitrogen and oxygen atoms in total. The van der Waals surface area contributed by atoms with E-state index in [1.54, 1.807) is 0 Å². The number of nitrogens with zero attached hydrogens (tertiary/aromatic N) is 2. The highest BCUT2D eigenvalue weighted by molar-refractivity contribution is 5.58. The molecule has 1 aromatic heterocycles. The van der Waals surface area contributed by atoms with Crippen LogP contribution in [-0.2, 0) is 6.42 Å². The van der Waals surface area contributed by atoms with Crippen molar-refractivity contribution in [3.8, 4) is 11.4 Å². The van der Waals surface area contributed by atoms with Gasteiger partial charge in [-0.05, 0) is 33.3 Å². The molecule has 0 atom stereocenters. The molecule has 0 saturated carbocycles. The van der Waals surface area contributed by atoms with Crippen molar-refractivity contribution >= 4 is 0 Å². The van der Waals surface area contributed by atoms with E-state index < -0.39 is 0 Å². The number of aryl methyl sites for hydroxylation is 1. The van der Waals surface area contributed by atoms with Crippen LogP contribution < -0.4 is 5.32 Å². The average molecular weight is 259 g/mol. The molecule has 0 unspecified atom stereocenters. The van der Waals surface area contributed by atoms with Crippen LogP contribution in [0.5, 0.6) is 0 Å². The van der Waals surface area contributed by atoms with Gasteiger partial charge in [-0.1, -0.05) is 29.4 Å². The van der Waals surface area contributed by atoms with Crippen molar-refractivity contribution in [2.75, 3.05) is 6.54 Å². The van der Waals surface area contributed by atoms with Crippen molar-refractivity contribution in [3.05, 3.63) is 35.7 Å². The summed E-state index contributed by atoms with van der Waals surface area (Å²) in [4.78, 5) is 4.44. The predicted molar refractivity (Wildman–Crippen MR) is 75.9 cm³/mol. The summed E-state index contributed by atoms with van der Waals surface area (Å²) in [7, 11) is 0. The van der Waals surface area contributed by atoms with E-state index in [0.29, 0.717) is 11.7 Å². The maximum atomic E-state index is 5.29. The molecule has 1 N–H and O–H groups in total. The second-order valence-corrected chi connectivity index (χ2v) is 5.75. The summed E-state index contributed by atoms with van der Waals surface area (Å²) in [6.07, 6.45) is 0.746. The molecule has 1 heterocycles. The first kappa shape index (κ1) is 13.7. The van der Waals surface area contributed by atoms with E-state index in [1.165, 1.54) is 0 Å². The van der Waals surface area contributed by atoms with Gasteiger partial charge in [-0.2, -0.15) is 4.98 Å². The van der Waals surface area contributed by atoms with Crippen LogP contribution in [0.2, 0.25) is 0 Å². The molecule has 0 radical (unpaired) electrons. The molecule has 0 amide bonds. The third kappa shape index (κ3) is 3.89. The third-order valence-electron chi connectivity index (χ3n) is 2.85. The van der Waals surface area contributed by atoms with E-state index in [1.807, 2.05) is 31.2 Å². The highest BCUT2D eigenvalue weighted by Gasteiger charge is 2.12. The van der Waals surface area contributed by atoms with Crippen molar-refractivity contribution in [3.63, 3.8) is 0 Å². The van der Waals surface area contributed by atoms with Crippen LogP contribution in [0, 0.1) is 6.92 Å². The van der Waals surface area contributed by atoms with Gasteiger partial charge in [0.2, 0.25) is 11.7 Å². The summed E-state index contributed by atoms with van der Waals surface area (Å²) < 4.78 is 5.29. The predicted octanol–water partition coefficient (Wildman–Crippen LogP) is 2.98. The summed E-state index contributed by atoms with van der Waals surface area (Å²) in [6.45, 7) is 9.30. The molecule has 0 aliphatic rings. The van der Waals surface area contributed by atoms with Gasteiger partial charge in [-0.15, -0.1) is 0 Å². The van der Waals surface area contributed by atoms with Gasteiger partial charge in [0.1, 0.15) is 0 Å². The Morgan fingerprint density at radius 3 is 2.63 bits per heavy atom. The normalized spacial score (nSPS) is 11.8. The largest absolute Gasteiger partial charge is 0.339 e. The Balaban J connectivity index is 2.02. The molecule has 0 aliphatic carbocycles. The zero-order valence-corrected chi connectivity index (χ0v) is 12.0. The lowest BCUT2D eigenvalue weighted by molar-refractivity contribution is 0.362. The Labute approximate surface area is 114 Å². The smallest absolute Gasteiger partial charge is 0.228 e. The molecule has 0 saturated heterocycles. The molecule has 0 spiro atoms. The number of aromatic nitrogens is 2. The standard InChI is InChI=1S/C15H21N3O/c1-11-7-5-6-8-12(11)14-17-13(19-18-14)9-10-16-15(2,3)4/h5-8,16H,9-10H2,1-4H3.